The van der Waals surface area contributed by atoms with Crippen LogP contribution in [0.1, 0.15) is 27.0 Å². The van der Waals surface area contributed by atoms with Crippen LogP contribution in [0.25, 0.3) is 0 Å². The van der Waals surface area contributed by atoms with Crippen molar-refractivity contribution >= 4 is 17.4 Å². The molecule has 5 heteroatoms. The second-order valence-electron chi connectivity index (χ2n) is 6.29. The van der Waals surface area contributed by atoms with Gasteiger partial charge in [-0.3, -0.25) is 4.79 Å². The van der Waals surface area contributed by atoms with Gasteiger partial charge in [-0.1, -0.05) is 36.4 Å². The molecule has 0 radical (unpaired) electrons. The molecule has 0 aliphatic rings. The van der Waals surface area contributed by atoms with Gasteiger partial charge in [0.15, 0.2) is 0 Å². The predicted octanol–water partition coefficient (Wildman–Crippen LogP) is 4.38. The van der Waals surface area contributed by atoms with Crippen molar-refractivity contribution in [1.29, 1.82) is 0 Å². The molecule has 2 N–H and O–H groups in total. The van der Waals surface area contributed by atoms with Crippen molar-refractivity contribution in [1.82, 2.24) is 10.3 Å². The molecule has 138 valence electrons. The minimum absolute atomic E-state index is 0.192. The van der Waals surface area contributed by atoms with Crippen LogP contribution in [0.3, 0.4) is 0 Å². The Kier molecular flexibility index (Phi) is 5.71. The first-order valence-electron chi connectivity index (χ1n) is 8.78. The monoisotopic (exact) mass is 361 g/mol. The maximum Gasteiger partial charge on any atom is 0.255 e. The van der Waals surface area contributed by atoms with Crippen molar-refractivity contribution in [2.24, 2.45) is 0 Å². The number of carbonyl (C=O) groups excluding carboxylic acids is 1. The predicted molar refractivity (Wildman–Crippen MR) is 108 cm³/mol. The highest BCUT2D eigenvalue weighted by Crippen LogP contribution is 2.25. The molecular formula is C22H23N3O2. The molecule has 0 atom stereocenters. The quantitative estimate of drug-likeness (QED) is 0.684. The van der Waals surface area contributed by atoms with E-state index in [9.17, 15) is 4.79 Å². The number of benzene rings is 2. The molecule has 5 nitrogen and oxygen atoms in total. The summed E-state index contributed by atoms with van der Waals surface area (Å²) in [4.78, 5) is 17.1. The first-order chi connectivity index (χ1) is 13.1. The zero-order chi connectivity index (χ0) is 19.2. The van der Waals surface area contributed by atoms with Crippen LogP contribution in [0.5, 0.6) is 5.75 Å². The number of carbonyl (C=O) groups is 1. The van der Waals surface area contributed by atoms with E-state index in [4.69, 9.17) is 4.74 Å². The van der Waals surface area contributed by atoms with Crippen molar-refractivity contribution in [3.63, 3.8) is 0 Å². The Hall–Kier alpha value is -3.34. The number of pyridine rings is 1. The van der Waals surface area contributed by atoms with Crippen LogP contribution in [0.4, 0.5) is 11.5 Å². The number of aryl methyl sites for hydroxylation is 2. The number of amides is 1. The average Bonchev–Trinajstić information content (AvgIpc) is 2.69. The Morgan fingerprint density at radius 1 is 1.00 bits per heavy atom. The van der Waals surface area contributed by atoms with Gasteiger partial charge in [0.1, 0.15) is 11.6 Å². The zero-order valence-electron chi connectivity index (χ0n) is 15.7. The van der Waals surface area contributed by atoms with Gasteiger partial charge in [-0.25, -0.2) is 4.98 Å². The summed E-state index contributed by atoms with van der Waals surface area (Å²) in [6.45, 7) is 4.43. The van der Waals surface area contributed by atoms with E-state index in [2.05, 4.69) is 15.6 Å². The number of rotatable bonds is 6. The van der Waals surface area contributed by atoms with E-state index in [1.54, 1.807) is 25.4 Å². The lowest BCUT2D eigenvalue weighted by Gasteiger charge is -2.15. The van der Waals surface area contributed by atoms with Gasteiger partial charge < -0.3 is 15.4 Å². The summed E-state index contributed by atoms with van der Waals surface area (Å²) in [7, 11) is 1.62. The Balaban J connectivity index is 1.80. The molecule has 0 fully saturated rings. The van der Waals surface area contributed by atoms with Gasteiger partial charge in [-0.15, -0.1) is 0 Å². The molecule has 0 aliphatic carbocycles. The third kappa shape index (κ3) is 4.26. The molecule has 27 heavy (non-hydrogen) atoms. The summed E-state index contributed by atoms with van der Waals surface area (Å²) < 4.78 is 5.34. The van der Waals surface area contributed by atoms with Gasteiger partial charge in [0.25, 0.3) is 5.91 Å². The second kappa shape index (κ2) is 8.36. The first-order valence-corrected chi connectivity index (χ1v) is 8.78. The normalized spacial score (nSPS) is 10.3. The second-order valence-corrected chi connectivity index (χ2v) is 6.29. The number of nitrogens with zero attached hydrogens (tertiary/aromatic N) is 1. The molecule has 3 rings (SSSR count). The standard InChI is InChI=1S/C22H23N3O2/c1-15-8-6-9-16(2)20(15)25-21-18(11-7-13-23-21)22(26)24-14-17-10-4-5-12-19(17)27-3/h4-13H,14H2,1-3H3,(H,23,25)(H,24,26). The van der Waals surface area contributed by atoms with E-state index in [-0.39, 0.29) is 5.91 Å². The third-order valence-corrected chi connectivity index (χ3v) is 4.41. The van der Waals surface area contributed by atoms with Gasteiger partial charge >= 0.3 is 0 Å². The van der Waals surface area contributed by atoms with Crippen LogP contribution in [-0.2, 0) is 6.54 Å². The SMILES string of the molecule is COc1ccccc1CNC(=O)c1cccnc1Nc1c(C)cccc1C. The fourth-order valence-electron chi connectivity index (χ4n) is 2.94. The van der Waals surface area contributed by atoms with Gasteiger partial charge in [0.2, 0.25) is 0 Å². The largest absolute Gasteiger partial charge is 0.496 e. The van der Waals surface area contributed by atoms with Gasteiger partial charge in [-0.2, -0.15) is 0 Å². The van der Waals surface area contributed by atoms with E-state index in [1.165, 1.54) is 0 Å². The lowest BCUT2D eigenvalue weighted by Crippen LogP contribution is -2.24. The smallest absolute Gasteiger partial charge is 0.255 e. The molecule has 0 unspecified atom stereocenters. The maximum atomic E-state index is 12.8. The number of anilines is 2. The lowest BCUT2D eigenvalue weighted by molar-refractivity contribution is 0.0951. The van der Waals surface area contributed by atoms with E-state index in [0.717, 1.165) is 28.1 Å². The highest BCUT2D eigenvalue weighted by Gasteiger charge is 2.14. The van der Waals surface area contributed by atoms with Crippen LogP contribution in [0, 0.1) is 13.8 Å². The Morgan fingerprint density at radius 2 is 1.74 bits per heavy atom. The lowest BCUT2D eigenvalue weighted by atomic mass is 10.1. The van der Waals surface area contributed by atoms with Crippen molar-refractivity contribution in [3.8, 4) is 5.75 Å². The topological polar surface area (TPSA) is 63.2 Å². The molecule has 3 aromatic rings. The summed E-state index contributed by atoms with van der Waals surface area (Å²) in [5.41, 5.74) is 4.58. The number of ether oxygens (including phenoxy) is 1. The highest BCUT2D eigenvalue weighted by atomic mass is 16.5. The van der Waals surface area contributed by atoms with Crippen molar-refractivity contribution < 1.29 is 9.53 Å². The molecule has 1 aromatic heterocycles. The van der Waals surface area contributed by atoms with Gasteiger partial charge in [0, 0.05) is 24.0 Å². The minimum atomic E-state index is -0.192. The molecule has 1 heterocycles. The van der Waals surface area contributed by atoms with Crippen LogP contribution in [-0.4, -0.2) is 18.0 Å². The average molecular weight is 361 g/mol. The molecule has 0 bridgehead atoms. The first kappa shape index (κ1) is 18.5. The summed E-state index contributed by atoms with van der Waals surface area (Å²) >= 11 is 0. The minimum Gasteiger partial charge on any atom is -0.496 e. The number of methoxy groups -OCH3 is 1. The number of aromatic nitrogens is 1. The summed E-state index contributed by atoms with van der Waals surface area (Å²) in [6, 6.07) is 17.2. The Labute approximate surface area is 159 Å². The number of hydrogen-bond donors (Lipinski definition) is 2. The van der Waals surface area contributed by atoms with Crippen molar-refractivity contribution in [3.05, 3.63) is 83.0 Å². The summed E-state index contributed by atoms with van der Waals surface area (Å²) in [5, 5.41) is 6.26. The van der Waals surface area contributed by atoms with Crippen LogP contribution >= 0.6 is 0 Å². The van der Waals surface area contributed by atoms with Crippen LogP contribution < -0.4 is 15.4 Å². The summed E-state index contributed by atoms with van der Waals surface area (Å²) in [5.74, 6) is 1.09. The van der Waals surface area contributed by atoms with Crippen molar-refractivity contribution in [2.75, 3.05) is 12.4 Å². The Bertz CT molecular complexity index is 934. The van der Waals surface area contributed by atoms with E-state index in [0.29, 0.717) is 17.9 Å². The highest BCUT2D eigenvalue weighted by molar-refractivity contribution is 5.99. The fraction of sp³-hybridized carbons (Fsp3) is 0.182. The molecule has 0 aliphatic heterocycles. The number of nitrogens with one attached hydrogen (secondary N) is 2. The van der Waals surface area contributed by atoms with Gasteiger partial charge in [0.05, 0.1) is 12.7 Å². The zero-order valence-corrected chi connectivity index (χ0v) is 15.7. The molecule has 0 spiro atoms. The molecule has 2 aromatic carbocycles. The van der Waals surface area contributed by atoms with Gasteiger partial charge in [-0.05, 0) is 43.2 Å². The van der Waals surface area contributed by atoms with E-state index in [1.807, 2.05) is 56.3 Å². The van der Waals surface area contributed by atoms with Crippen molar-refractivity contribution in [2.45, 2.75) is 20.4 Å². The number of hydrogen-bond acceptors (Lipinski definition) is 4. The molecule has 0 saturated heterocycles. The van der Waals surface area contributed by atoms with E-state index >= 15 is 0 Å². The summed E-state index contributed by atoms with van der Waals surface area (Å²) in [6.07, 6.45) is 1.67. The fourth-order valence-corrected chi connectivity index (χ4v) is 2.94. The molecule has 1 amide bonds. The van der Waals surface area contributed by atoms with Crippen LogP contribution in [0.2, 0.25) is 0 Å². The van der Waals surface area contributed by atoms with Crippen LogP contribution in [0.15, 0.2) is 60.8 Å². The number of para-hydroxylation sites is 2. The maximum absolute atomic E-state index is 12.8. The Morgan fingerprint density at radius 3 is 2.48 bits per heavy atom. The third-order valence-electron chi connectivity index (χ3n) is 4.41. The molecular weight excluding hydrogens is 338 g/mol. The molecule has 0 saturated carbocycles. The van der Waals surface area contributed by atoms with E-state index < -0.39 is 0 Å².